The van der Waals surface area contributed by atoms with Crippen molar-refractivity contribution in [3.8, 4) is 11.5 Å². The lowest BCUT2D eigenvalue weighted by atomic mass is 10.1. The van der Waals surface area contributed by atoms with E-state index in [1.54, 1.807) is 30.3 Å². The monoisotopic (exact) mass is 449 g/mol. The number of methoxy groups -OCH3 is 1. The van der Waals surface area contributed by atoms with E-state index >= 15 is 0 Å². The van der Waals surface area contributed by atoms with Crippen molar-refractivity contribution in [3.63, 3.8) is 0 Å². The normalized spacial score (nSPS) is 14.8. The average molecular weight is 449 g/mol. The van der Waals surface area contributed by atoms with E-state index in [9.17, 15) is 14.4 Å². The fraction of sp³-hybridized carbons (Fsp3) is 0.125. The minimum Gasteiger partial charge on any atom is -0.493 e. The van der Waals surface area contributed by atoms with Gasteiger partial charge in [0.2, 0.25) is 5.76 Å². The van der Waals surface area contributed by atoms with Gasteiger partial charge in [0.15, 0.2) is 11.5 Å². The van der Waals surface area contributed by atoms with Gasteiger partial charge in [0, 0.05) is 0 Å². The quantitative estimate of drug-likeness (QED) is 0.296. The van der Waals surface area contributed by atoms with Crippen molar-refractivity contribution in [3.05, 3.63) is 88.2 Å². The first-order chi connectivity index (χ1) is 15.5. The number of benzene rings is 2. The SMILES string of the molecule is COc1cc(/C=C2\SC(=O)N(Cc3ccccc3C)C2=O)ccc1OC(=O)c1ccco1. The second kappa shape index (κ2) is 9.15. The summed E-state index contributed by atoms with van der Waals surface area (Å²) in [6.45, 7) is 2.16. The summed E-state index contributed by atoms with van der Waals surface area (Å²) in [6, 6.07) is 15.6. The fourth-order valence-corrected chi connectivity index (χ4v) is 3.99. The largest absolute Gasteiger partial charge is 0.493 e. The molecule has 1 aromatic heterocycles. The van der Waals surface area contributed by atoms with E-state index in [0.717, 1.165) is 22.9 Å². The van der Waals surface area contributed by atoms with Crippen LogP contribution >= 0.6 is 11.8 Å². The van der Waals surface area contributed by atoms with Gasteiger partial charge in [0.25, 0.3) is 11.1 Å². The Labute approximate surface area is 188 Å². The fourth-order valence-electron chi connectivity index (χ4n) is 3.15. The van der Waals surface area contributed by atoms with Crippen LogP contribution in [0.5, 0.6) is 11.5 Å². The van der Waals surface area contributed by atoms with Crippen molar-refractivity contribution in [2.75, 3.05) is 7.11 Å². The summed E-state index contributed by atoms with van der Waals surface area (Å²) in [5, 5.41) is -0.319. The molecular formula is C24H19NO6S. The van der Waals surface area contributed by atoms with Crippen molar-refractivity contribution in [2.45, 2.75) is 13.5 Å². The minimum atomic E-state index is -0.654. The lowest BCUT2D eigenvalue weighted by Crippen LogP contribution is -2.27. The molecule has 0 spiro atoms. The summed E-state index contributed by atoms with van der Waals surface area (Å²) in [4.78, 5) is 39.0. The zero-order chi connectivity index (χ0) is 22.7. The van der Waals surface area contributed by atoms with Crippen LogP contribution in [0.3, 0.4) is 0 Å². The highest BCUT2D eigenvalue weighted by molar-refractivity contribution is 8.18. The molecule has 7 nitrogen and oxygen atoms in total. The Morgan fingerprint density at radius 2 is 1.91 bits per heavy atom. The van der Waals surface area contributed by atoms with E-state index in [2.05, 4.69) is 0 Å². The van der Waals surface area contributed by atoms with Crippen molar-refractivity contribution < 1.29 is 28.3 Å². The number of carbonyl (C=O) groups is 3. The molecule has 2 aromatic carbocycles. The van der Waals surface area contributed by atoms with Crippen LogP contribution in [-0.4, -0.2) is 29.1 Å². The van der Waals surface area contributed by atoms with E-state index in [-0.39, 0.29) is 29.2 Å². The van der Waals surface area contributed by atoms with Gasteiger partial charge in [0.05, 0.1) is 24.8 Å². The standard InChI is InChI=1S/C24H19NO6S/c1-15-6-3-4-7-17(15)14-25-22(26)21(32-24(25)28)13-16-9-10-18(20(12-16)29-2)31-23(27)19-8-5-11-30-19/h3-13H,14H2,1-2H3/b21-13-. The summed E-state index contributed by atoms with van der Waals surface area (Å²) in [7, 11) is 1.44. The summed E-state index contributed by atoms with van der Waals surface area (Å²) >= 11 is 0.888. The molecule has 0 saturated carbocycles. The number of hydrogen-bond acceptors (Lipinski definition) is 7. The van der Waals surface area contributed by atoms with Gasteiger partial charge < -0.3 is 13.9 Å². The molecule has 4 rings (SSSR count). The van der Waals surface area contributed by atoms with E-state index in [1.807, 2.05) is 31.2 Å². The number of rotatable bonds is 6. The Morgan fingerprint density at radius 1 is 1.09 bits per heavy atom. The number of furan rings is 1. The number of thioether (sulfide) groups is 1. The summed E-state index contributed by atoms with van der Waals surface area (Å²) in [5.74, 6) is -0.427. The third-order valence-electron chi connectivity index (χ3n) is 4.87. The third kappa shape index (κ3) is 4.45. The molecule has 0 bridgehead atoms. The second-order valence-corrected chi connectivity index (χ2v) is 7.96. The molecule has 2 amide bonds. The van der Waals surface area contributed by atoms with Crippen molar-refractivity contribution in [2.24, 2.45) is 0 Å². The molecule has 3 aromatic rings. The number of hydrogen-bond donors (Lipinski definition) is 0. The minimum absolute atomic E-state index is 0.0680. The summed E-state index contributed by atoms with van der Waals surface area (Å²) in [5.41, 5.74) is 2.56. The van der Waals surface area contributed by atoms with Crippen LogP contribution < -0.4 is 9.47 Å². The highest BCUT2D eigenvalue weighted by Gasteiger charge is 2.35. The molecule has 1 saturated heterocycles. The van der Waals surface area contributed by atoms with Crippen molar-refractivity contribution in [1.29, 1.82) is 0 Å². The Hall–Kier alpha value is -3.78. The van der Waals surface area contributed by atoms with Crippen molar-refractivity contribution in [1.82, 2.24) is 4.90 Å². The third-order valence-corrected chi connectivity index (χ3v) is 5.78. The van der Waals surface area contributed by atoms with E-state index in [1.165, 1.54) is 24.3 Å². The van der Waals surface area contributed by atoms with Gasteiger partial charge in [-0.2, -0.15) is 0 Å². The summed E-state index contributed by atoms with van der Waals surface area (Å²) < 4.78 is 15.7. The Morgan fingerprint density at radius 3 is 2.62 bits per heavy atom. The van der Waals surface area contributed by atoms with Gasteiger partial charge >= 0.3 is 5.97 Å². The van der Waals surface area contributed by atoms with Gasteiger partial charge in [0.1, 0.15) is 0 Å². The second-order valence-electron chi connectivity index (χ2n) is 6.97. The van der Waals surface area contributed by atoms with E-state index in [4.69, 9.17) is 13.9 Å². The molecule has 2 heterocycles. The van der Waals surface area contributed by atoms with Crippen LogP contribution in [0.1, 0.15) is 27.2 Å². The average Bonchev–Trinajstić information content (AvgIpc) is 3.41. The zero-order valence-electron chi connectivity index (χ0n) is 17.4. The number of ether oxygens (including phenoxy) is 2. The maximum absolute atomic E-state index is 12.8. The highest BCUT2D eigenvalue weighted by atomic mass is 32.2. The molecule has 162 valence electrons. The van der Waals surface area contributed by atoms with Crippen molar-refractivity contribution >= 4 is 35.0 Å². The highest BCUT2D eigenvalue weighted by Crippen LogP contribution is 2.35. The molecule has 1 aliphatic rings. The lowest BCUT2D eigenvalue weighted by molar-refractivity contribution is -0.123. The number of amides is 2. The first-order valence-electron chi connectivity index (χ1n) is 9.70. The Bertz CT molecular complexity index is 1210. The van der Waals surface area contributed by atoms with Crippen LogP contribution in [-0.2, 0) is 11.3 Å². The lowest BCUT2D eigenvalue weighted by Gasteiger charge is -2.14. The number of imide groups is 1. The predicted molar refractivity (Wildman–Crippen MR) is 119 cm³/mol. The molecule has 0 N–H and O–H groups in total. The first-order valence-corrected chi connectivity index (χ1v) is 10.5. The predicted octanol–water partition coefficient (Wildman–Crippen LogP) is 5.05. The van der Waals surface area contributed by atoms with Crippen LogP contribution in [0.15, 0.2) is 70.2 Å². The van der Waals surface area contributed by atoms with Crippen LogP contribution in [0.2, 0.25) is 0 Å². The molecule has 8 heteroatoms. The molecule has 1 fully saturated rings. The maximum Gasteiger partial charge on any atom is 0.379 e. The number of esters is 1. The molecule has 0 atom stereocenters. The topological polar surface area (TPSA) is 86.0 Å². The molecule has 0 aliphatic carbocycles. The Kier molecular flexibility index (Phi) is 6.13. The Balaban J connectivity index is 1.53. The summed E-state index contributed by atoms with van der Waals surface area (Å²) in [6.07, 6.45) is 2.99. The van der Waals surface area contributed by atoms with Gasteiger partial charge in [-0.25, -0.2) is 4.79 Å². The van der Waals surface area contributed by atoms with E-state index in [0.29, 0.717) is 16.2 Å². The molecular weight excluding hydrogens is 430 g/mol. The zero-order valence-corrected chi connectivity index (χ0v) is 18.2. The molecule has 1 aliphatic heterocycles. The van der Waals surface area contributed by atoms with Gasteiger partial charge in [-0.15, -0.1) is 0 Å². The maximum atomic E-state index is 12.8. The molecule has 0 radical (unpaired) electrons. The van der Waals surface area contributed by atoms with Gasteiger partial charge in [-0.05, 0) is 65.7 Å². The van der Waals surface area contributed by atoms with Crippen LogP contribution in [0, 0.1) is 6.92 Å². The number of nitrogens with zero attached hydrogens (tertiary/aromatic N) is 1. The van der Waals surface area contributed by atoms with Crippen LogP contribution in [0.25, 0.3) is 6.08 Å². The number of aryl methyl sites for hydroxylation is 1. The van der Waals surface area contributed by atoms with Crippen LogP contribution in [0.4, 0.5) is 4.79 Å². The smallest absolute Gasteiger partial charge is 0.379 e. The first kappa shape index (κ1) is 21.5. The molecule has 0 unspecified atom stereocenters. The van der Waals surface area contributed by atoms with E-state index < -0.39 is 5.97 Å². The molecule has 32 heavy (non-hydrogen) atoms. The van der Waals surface area contributed by atoms with Gasteiger partial charge in [-0.1, -0.05) is 30.3 Å². The van der Waals surface area contributed by atoms with Gasteiger partial charge in [-0.3, -0.25) is 14.5 Å². The number of carbonyl (C=O) groups excluding carboxylic acids is 3.